The van der Waals surface area contributed by atoms with E-state index >= 15 is 0 Å². The quantitative estimate of drug-likeness (QED) is 0.343. The summed E-state index contributed by atoms with van der Waals surface area (Å²) in [5, 5.41) is 19.1. The Morgan fingerprint density at radius 3 is 2.72 bits per heavy atom. The molecule has 29 heavy (non-hydrogen) atoms. The lowest BCUT2D eigenvalue weighted by Gasteiger charge is -2.18. The first-order valence-electron chi connectivity index (χ1n) is 9.07. The molecule has 0 aliphatic heterocycles. The Kier molecular flexibility index (Phi) is 8.77. The highest BCUT2D eigenvalue weighted by Gasteiger charge is 2.21. The van der Waals surface area contributed by atoms with Crippen LogP contribution in [0.15, 0.2) is 23.7 Å². The highest BCUT2D eigenvalue weighted by Crippen LogP contribution is 2.25. The molecule has 0 bridgehead atoms. The molecule has 0 unspecified atom stereocenters. The van der Waals surface area contributed by atoms with Crippen molar-refractivity contribution in [2.45, 2.75) is 39.7 Å². The van der Waals surface area contributed by atoms with Crippen LogP contribution in [0.25, 0.3) is 10.6 Å². The molecule has 1 atom stereocenters. The van der Waals surface area contributed by atoms with E-state index in [4.69, 9.17) is 17.7 Å². The van der Waals surface area contributed by atoms with Gasteiger partial charge in [-0.25, -0.2) is 10.4 Å². The van der Waals surface area contributed by atoms with Gasteiger partial charge in [0.2, 0.25) is 13.8 Å². The normalized spacial score (nSPS) is 11.9. The Morgan fingerprint density at radius 1 is 1.38 bits per heavy atom. The van der Waals surface area contributed by atoms with Crippen molar-refractivity contribution in [1.82, 2.24) is 20.7 Å². The van der Waals surface area contributed by atoms with E-state index in [1.807, 2.05) is 19.9 Å². The average Bonchev–Trinajstić information content (AvgIpc) is 3.09. The van der Waals surface area contributed by atoms with Gasteiger partial charge in [0, 0.05) is 17.1 Å². The number of nitrogens with one attached hydrogen (secondary N) is 3. The van der Waals surface area contributed by atoms with Crippen LogP contribution in [0.4, 0.5) is 10.6 Å². The molecule has 0 aliphatic carbocycles. The van der Waals surface area contributed by atoms with Gasteiger partial charge in [0.15, 0.2) is 5.81 Å². The van der Waals surface area contributed by atoms with E-state index in [0.717, 1.165) is 5.56 Å². The number of pyridine rings is 1. The zero-order valence-corrected chi connectivity index (χ0v) is 17.3. The van der Waals surface area contributed by atoms with E-state index in [9.17, 15) is 9.59 Å². The van der Waals surface area contributed by atoms with E-state index in [0.29, 0.717) is 22.9 Å². The summed E-state index contributed by atoms with van der Waals surface area (Å²) in [6.45, 7) is 5.65. The third kappa shape index (κ3) is 7.94. The van der Waals surface area contributed by atoms with Crippen molar-refractivity contribution >= 4 is 43.8 Å². The molecule has 12 heteroatoms. The van der Waals surface area contributed by atoms with E-state index in [1.54, 1.807) is 24.5 Å². The summed E-state index contributed by atoms with van der Waals surface area (Å²) in [4.78, 5) is 37.4. The van der Waals surface area contributed by atoms with E-state index < -0.39 is 18.9 Å². The fraction of sp³-hybridized carbons (Fsp3) is 0.412. The minimum Gasteiger partial charge on any atom is -0.436 e. The van der Waals surface area contributed by atoms with Gasteiger partial charge in [0.25, 0.3) is 0 Å². The number of carbonyl (C=O) groups excluding carboxylic acids is 2. The molecule has 0 saturated heterocycles. The van der Waals surface area contributed by atoms with Crippen LogP contribution in [-0.2, 0) is 16.2 Å². The topological polar surface area (TPSA) is 125 Å². The molecule has 2 amide bonds. The Labute approximate surface area is 175 Å². The average molecular weight is 415 g/mol. The minimum atomic E-state index is -0.767. The highest BCUT2D eigenvalue weighted by atomic mass is 32.1. The van der Waals surface area contributed by atoms with Crippen molar-refractivity contribution in [3.05, 3.63) is 29.4 Å². The molecule has 9 nitrogen and oxygen atoms in total. The largest absolute Gasteiger partial charge is 0.436 e. The van der Waals surface area contributed by atoms with Crippen LogP contribution in [0.5, 0.6) is 0 Å². The maximum Gasteiger partial charge on any atom is 0.398 e. The lowest BCUT2D eigenvalue weighted by molar-refractivity contribution is -0.118. The number of anilines is 1. The van der Waals surface area contributed by atoms with Crippen LogP contribution < -0.4 is 16.0 Å². The van der Waals surface area contributed by atoms with Gasteiger partial charge in [-0.3, -0.25) is 14.6 Å². The lowest BCUT2D eigenvalue weighted by Crippen LogP contribution is -2.44. The van der Waals surface area contributed by atoms with Crippen molar-refractivity contribution < 1.29 is 19.5 Å². The number of nitrogens with zero attached hydrogens (tertiary/aromatic N) is 2. The summed E-state index contributed by atoms with van der Waals surface area (Å²) in [6, 6.07) is 2.90. The Bertz CT molecular complexity index is 816. The summed E-state index contributed by atoms with van der Waals surface area (Å²) in [7, 11) is 4.39. The highest BCUT2D eigenvalue weighted by molar-refractivity contribution is 7.13. The van der Waals surface area contributed by atoms with Crippen LogP contribution >= 0.6 is 11.3 Å². The van der Waals surface area contributed by atoms with Crippen LogP contribution in [0.3, 0.4) is 0 Å². The van der Waals surface area contributed by atoms with Gasteiger partial charge >= 0.3 is 7.05 Å². The molecular weight excluding hydrogens is 392 g/mol. The first-order chi connectivity index (χ1) is 13.7. The minimum absolute atomic E-state index is 0.202. The Balaban J connectivity index is 1.98. The van der Waals surface area contributed by atoms with Gasteiger partial charge in [-0.2, -0.15) is 0 Å². The van der Waals surface area contributed by atoms with Crippen LogP contribution in [-0.4, -0.2) is 47.6 Å². The summed E-state index contributed by atoms with van der Waals surface area (Å²) in [6.07, 6.45) is 2.12. The van der Waals surface area contributed by atoms with Crippen LogP contribution in [0.2, 0.25) is 6.82 Å². The fourth-order valence-corrected chi connectivity index (χ4v) is 3.17. The standard InChI is InChI=1S/C17H23B2N5O4S/c1-10(2)6-13(21-17(18)26)15(25)22-14-9-29-16(23-14)11-4-5-12(20-7-11)8-28-24-19(3)27/h4-5,7,9-10,13,24,27H,6,8H2,1-3H3,(H,21,26)(H,22,25)/t13-/m0/s1. The maximum absolute atomic E-state index is 12.5. The summed E-state index contributed by atoms with van der Waals surface area (Å²) in [5.74, 6) is -0.523. The number of amides is 2. The molecule has 2 radical (unpaired) electrons. The number of carbonyl (C=O) groups is 2. The number of hydrogen-bond acceptors (Lipinski definition) is 8. The van der Waals surface area contributed by atoms with Gasteiger partial charge in [-0.05, 0) is 31.3 Å². The third-order valence-corrected chi connectivity index (χ3v) is 4.53. The maximum atomic E-state index is 12.5. The molecule has 2 heterocycles. The molecule has 0 aromatic carbocycles. The predicted octanol–water partition coefficient (Wildman–Crippen LogP) is 1.57. The smallest absolute Gasteiger partial charge is 0.398 e. The first kappa shape index (κ1) is 23.0. The summed E-state index contributed by atoms with van der Waals surface area (Å²) >= 11 is 1.36. The second-order valence-electron chi connectivity index (χ2n) is 6.84. The van der Waals surface area contributed by atoms with Crippen LogP contribution in [0, 0.1) is 5.92 Å². The molecule has 2 aromatic heterocycles. The zero-order chi connectivity index (χ0) is 21.4. The number of rotatable bonds is 10. The molecule has 0 saturated carbocycles. The molecule has 0 spiro atoms. The van der Waals surface area contributed by atoms with E-state index in [-0.39, 0.29) is 18.4 Å². The second-order valence-corrected chi connectivity index (χ2v) is 7.70. The predicted molar refractivity (Wildman–Crippen MR) is 113 cm³/mol. The van der Waals surface area contributed by atoms with E-state index in [2.05, 4.69) is 26.0 Å². The molecule has 2 aromatic rings. The van der Waals surface area contributed by atoms with E-state index in [1.165, 1.54) is 11.3 Å². The van der Waals surface area contributed by atoms with Crippen molar-refractivity contribution in [2.24, 2.45) is 5.92 Å². The molecule has 4 N–H and O–H groups in total. The monoisotopic (exact) mass is 415 g/mol. The van der Waals surface area contributed by atoms with Crippen molar-refractivity contribution in [2.75, 3.05) is 5.32 Å². The van der Waals surface area contributed by atoms with Crippen molar-refractivity contribution in [3.63, 3.8) is 0 Å². The molecule has 0 aliphatic rings. The Morgan fingerprint density at radius 2 is 2.14 bits per heavy atom. The fourth-order valence-electron chi connectivity index (χ4n) is 2.42. The molecular formula is C17H23B2N5O4S. The Hall–Kier alpha value is -2.27. The molecule has 152 valence electrons. The molecule has 0 fully saturated rings. The van der Waals surface area contributed by atoms with Gasteiger partial charge in [0.1, 0.15) is 23.5 Å². The van der Waals surface area contributed by atoms with Gasteiger partial charge in [-0.1, -0.05) is 13.8 Å². The van der Waals surface area contributed by atoms with Crippen molar-refractivity contribution in [3.8, 4) is 10.6 Å². The lowest BCUT2D eigenvalue weighted by atomic mass is 9.92. The first-order valence-corrected chi connectivity index (χ1v) is 9.95. The zero-order valence-electron chi connectivity index (χ0n) is 16.5. The summed E-state index contributed by atoms with van der Waals surface area (Å²) in [5.41, 5.74) is 1.47. The summed E-state index contributed by atoms with van der Waals surface area (Å²) < 4.78 is 0. The SMILES string of the molecule is [B]C(=O)N[C@@H](CC(C)C)C(=O)Nc1csc(-c2ccc(CONB(C)O)nc2)n1. The molecule has 2 rings (SSSR count). The van der Waals surface area contributed by atoms with Gasteiger partial charge < -0.3 is 20.5 Å². The third-order valence-electron chi connectivity index (χ3n) is 3.64. The van der Waals surface area contributed by atoms with Gasteiger partial charge in [-0.15, -0.1) is 11.3 Å². The van der Waals surface area contributed by atoms with Crippen LogP contribution in [0.1, 0.15) is 26.0 Å². The number of aromatic nitrogens is 2. The number of thiazole rings is 1. The second kappa shape index (κ2) is 11.1. The number of hydrogen-bond donors (Lipinski definition) is 4. The van der Waals surface area contributed by atoms with Crippen molar-refractivity contribution in [1.29, 1.82) is 0 Å². The van der Waals surface area contributed by atoms with Gasteiger partial charge in [0.05, 0.1) is 5.69 Å².